The van der Waals surface area contributed by atoms with Gasteiger partial charge in [0.2, 0.25) is 5.75 Å². The molecule has 28 heavy (non-hydrogen) atoms. The van der Waals surface area contributed by atoms with E-state index in [0.717, 1.165) is 0 Å². The van der Waals surface area contributed by atoms with Crippen molar-refractivity contribution in [2.45, 2.75) is 20.8 Å². The van der Waals surface area contributed by atoms with Gasteiger partial charge in [-0.2, -0.15) is 5.10 Å². The number of hydrogen-bond acceptors (Lipinski definition) is 5. The Bertz CT molecular complexity index is 829. The third kappa shape index (κ3) is 5.53. The third-order valence-electron chi connectivity index (χ3n) is 3.52. The van der Waals surface area contributed by atoms with Gasteiger partial charge in [0.05, 0.1) is 36.1 Å². The summed E-state index contributed by atoms with van der Waals surface area (Å²) in [4.78, 5) is 12.5. The van der Waals surface area contributed by atoms with Gasteiger partial charge in [-0.15, -0.1) is 0 Å². The highest BCUT2D eigenvalue weighted by Gasteiger charge is 2.18. The third-order valence-corrected chi connectivity index (χ3v) is 4.36. The molecule has 0 saturated heterocycles. The predicted octanol–water partition coefficient (Wildman–Crippen LogP) is 4.95. The summed E-state index contributed by atoms with van der Waals surface area (Å²) in [7, 11) is 0. The summed E-state index contributed by atoms with van der Waals surface area (Å²) in [5, 5.41) is 4.72. The molecule has 1 amide bonds. The number of carbonyl (C=O) groups is 1. The average Bonchev–Trinajstić information content (AvgIpc) is 2.67. The first kappa shape index (κ1) is 21.9. The molecule has 150 valence electrons. The minimum absolute atomic E-state index is 0.324. The number of carbonyl (C=O) groups excluding carboxylic acids is 1. The van der Waals surface area contributed by atoms with E-state index in [-0.39, 0.29) is 0 Å². The topological polar surface area (TPSA) is 69.2 Å². The predicted molar refractivity (Wildman–Crippen MR) is 111 cm³/mol. The number of ether oxygens (including phenoxy) is 3. The molecule has 2 aromatic rings. The van der Waals surface area contributed by atoms with Gasteiger partial charge in [-0.05, 0) is 39.0 Å². The Labute approximate surface area is 174 Å². The molecular weight excluding hydrogens is 403 g/mol. The Morgan fingerprint density at radius 1 is 1.04 bits per heavy atom. The molecule has 2 aromatic carbocycles. The zero-order valence-electron chi connectivity index (χ0n) is 15.9. The van der Waals surface area contributed by atoms with E-state index < -0.39 is 5.91 Å². The number of benzene rings is 2. The van der Waals surface area contributed by atoms with E-state index in [1.165, 1.54) is 6.21 Å². The smallest absolute Gasteiger partial charge is 0.271 e. The highest BCUT2D eigenvalue weighted by Crippen LogP contribution is 2.39. The quantitative estimate of drug-likeness (QED) is 0.456. The van der Waals surface area contributed by atoms with Crippen LogP contribution < -0.4 is 19.6 Å². The van der Waals surface area contributed by atoms with Crippen LogP contribution in [-0.2, 0) is 0 Å². The maximum atomic E-state index is 12.5. The van der Waals surface area contributed by atoms with Crippen molar-refractivity contribution in [1.82, 2.24) is 5.43 Å². The Kier molecular flexibility index (Phi) is 8.42. The van der Waals surface area contributed by atoms with E-state index in [0.29, 0.717) is 58.2 Å². The summed E-state index contributed by atoms with van der Waals surface area (Å²) in [6.07, 6.45) is 1.42. The molecule has 0 atom stereocenters. The van der Waals surface area contributed by atoms with Crippen molar-refractivity contribution in [3.63, 3.8) is 0 Å². The van der Waals surface area contributed by atoms with Crippen molar-refractivity contribution < 1.29 is 19.0 Å². The van der Waals surface area contributed by atoms with E-state index >= 15 is 0 Å². The van der Waals surface area contributed by atoms with Gasteiger partial charge in [0, 0.05) is 11.1 Å². The molecule has 0 aliphatic carbocycles. The molecule has 0 aliphatic rings. The lowest BCUT2D eigenvalue weighted by molar-refractivity contribution is 0.0954. The lowest BCUT2D eigenvalue weighted by Gasteiger charge is -2.16. The van der Waals surface area contributed by atoms with Crippen LogP contribution in [0.4, 0.5) is 0 Å². The molecule has 0 bridgehead atoms. The van der Waals surface area contributed by atoms with Crippen LogP contribution in [0.2, 0.25) is 10.0 Å². The van der Waals surface area contributed by atoms with Crippen LogP contribution in [0.25, 0.3) is 0 Å². The molecule has 2 rings (SSSR count). The van der Waals surface area contributed by atoms with Gasteiger partial charge in [-0.1, -0.05) is 35.3 Å². The van der Waals surface area contributed by atoms with Crippen LogP contribution in [0.3, 0.4) is 0 Å². The number of amides is 1. The highest BCUT2D eigenvalue weighted by molar-refractivity contribution is 6.43. The van der Waals surface area contributed by atoms with Crippen molar-refractivity contribution in [2.24, 2.45) is 5.10 Å². The molecule has 0 aromatic heterocycles. The number of nitrogens with zero attached hydrogens (tertiary/aromatic N) is 1. The van der Waals surface area contributed by atoms with E-state index in [2.05, 4.69) is 10.5 Å². The van der Waals surface area contributed by atoms with Crippen molar-refractivity contribution in [2.75, 3.05) is 19.8 Å². The number of nitrogens with one attached hydrogen (secondary N) is 1. The molecular formula is C20H22Cl2N2O4. The molecule has 8 heteroatoms. The van der Waals surface area contributed by atoms with E-state index in [9.17, 15) is 4.79 Å². The van der Waals surface area contributed by atoms with Gasteiger partial charge in [0.25, 0.3) is 5.91 Å². The fourth-order valence-electron chi connectivity index (χ4n) is 2.36. The second-order valence-electron chi connectivity index (χ2n) is 5.44. The van der Waals surface area contributed by atoms with Gasteiger partial charge in [0.15, 0.2) is 11.5 Å². The first-order chi connectivity index (χ1) is 13.5. The van der Waals surface area contributed by atoms with Crippen LogP contribution in [0, 0.1) is 0 Å². The van der Waals surface area contributed by atoms with Crippen molar-refractivity contribution >= 4 is 35.3 Å². The number of hydrogen-bond donors (Lipinski definition) is 1. The maximum absolute atomic E-state index is 12.5. The zero-order valence-corrected chi connectivity index (χ0v) is 17.4. The second-order valence-corrected chi connectivity index (χ2v) is 6.23. The normalized spacial score (nSPS) is 10.8. The van der Waals surface area contributed by atoms with Gasteiger partial charge >= 0.3 is 0 Å². The fraction of sp³-hybridized carbons (Fsp3) is 0.300. The van der Waals surface area contributed by atoms with Gasteiger partial charge < -0.3 is 14.2 Å². The first-order valence-electron chi connectivity index (χ1n) is 8.85. The fourth-order valence-corrected chi connectivity index (χ4v) is 2.72. The van der Waals surface area contributed by atoms with Crippen molar-refractivity contribution in [1.29, 1.82) is 0 Å². The van der Waals surface area contributed by atoms with Gasteiger partial charge in [-0.3, -0.25) is 4.79 Å². The summed E-state index contributed by atoms with van der Waals surface area (Å²) in [5.74, 6) is 0.904. The highest BCUT2D eigenvalue weighted by atomic mass is 35.5. The summed E-state index contributed by atoms with van der Waals surface area (Å²) >= 11 is 12.1. The average molecular weight is 425 g/mol. The molecule has 0 fully saturated rings. The molecule has 6 nitrogen and oxygen atoms in total. The standard InChI is InChI=1S/C20H22Cl2N2O4/c1-4-26-16-10-14(11-17(27-5-2)19(16)28-6-3)20(25)24-23-12-13-8-7-9-15(21)18(13)22/h7-12H,4-6H2,1-3H3,(H,24,25). The number of hydrazone groups is 1. The van der Waals surface area contributed by atoms with Crippen molar-refractivity contribution in [3.05, 3.63) is 51.5 Å². The van der Waals surface area contributed by atoms with Crippen molar-refractivity contribution in [3.8, 4) is 17.2 Å². The zero-order chi connectivity index (χ0) is 20.5. The summed E-state index contributed by atoms with van der Waals surface area (Å²) in [6.45, 7) is 6.84. The van der Waals surface area contributed by atoms with Crippen LogP contribution in [0.15, 0.2) is 35.4 Å². The Hall–Kier alpha value is -2.44. The second kappa shape index (κ2) is 10.8. The minimum Gasteiger partial charge on any atom is -0.490 e. The van der Waals surface area contributed by atoms with Crippen LogP contribution >= 0.6 is 23.2 Å². The lowest BCUT2D eigenvalue weighted by Crippen LogP contribution is -2.18. The number of rotatable bonds is 9. The Morgan fingerprint density at radius 3 is 2.21 bits per heavy atom. The van der Waals surface area contributed by atoms with Crippen LogP contribution in [-0.4, -0.2) is 31.9 Å². The molecule has 0 unspecified atom stereocenters. The van der Waals surface area contributed by atoms with Crippen LogP contribution in [0.5, 0.6) is 17.2 Å². The summed E-state index contributed by atoms with van der Waals surface area (Å²) in [5.41, 5.74) is 3.37. The molecule has 0 radical (unpaired) electrons. The molecule has 1 N–H and O–H groups in total. The largest absolute Gasteiger partial charge is 0.490 e. The van der Waals surface area contributed by atoms with Crippen LogP contribution in [0.1, 0.15) is 36.7 Å². The SMILES string of the molecule is CCOc1cc(C(=O)NN=Cc2cccc(Cl)c2Cl)cc(OCC)c1OCC. The molecule has 0 aliphatic heterocycles. The van der Waals surface area contributed by atoms with E-state index in [1.54, 1.807) is 30.3 Å². The van der Waals surface area contributed by atoms with E-state index in [1.807, 2.05) is 20.8 Å². The molecule has 0 saturated carbocycles. The summed E-state index contributed by atoms with van der Waals surface area (Å²) < 4.78 is 16.9. The van der Waals surface area contributed by atoms with Gasteiger partial charge in [-0.25, -0.2) is 5.43 Å². The first-order valence-corrected chi connectivity index (χ1v) is 9.61. The summed E-state index contributed by atoms with van der Waals surface area (Å²) in [6, 6.07) is 8.33. The lowest BCUT2D eigenvalue weighted by atomic mass is 10.1. The monoisotopic (exact) mass is 424 g/mol. The maximum Gasteiger partial charge on any atom is 0.271 e. The Balaban J connectivity index is 2.26. The minimum atomic E-state index is -0.431. The van der Waals surface area contributed by atoms with E-state index in [4.69, 9.17) is 37.4 Å². The Morgan fingerprint density at radius 2 is 1.64 bits per heavy atom. The molecule has 0 spiro atoms. The number of halogens is 2. The van der Waals surface area contributed by atoms with Gasteiger partial charge in [0.1, 0.15) is 0 Å². The molecule has 0 heterocycles.